The van der Waals surface area contributed by atoms with E-state index in [1.54, 1.807) is 11.8 Å². The highest BCUT2D eigenvalue weighted by Crippen LogP contribution is 2.33. The van der Waals surface area contributed by atoms with Crippen molar-refractivity contribution in [2.24, 2.45) is 0 Å². The number of hydrogen-bond donors (Lipinski definition) is 0. The van der Waals surface area contributed by atoms with Crippen molar-refractivity contribution < 1.29 is 4.74 Å². The summed E-state index contributed by atoms with van der Waals surface area (Å²) < 4.78 is 7.07. The number of para-hydroxylation sites is 1. The van der Waals surface area contributed by atoms with Crippen LogP contribution in [0.4, 0.5) is 0 Å². The van der Waals surface area contributed by atoms with Gasteiger partial charge in [0.15, 0.2) is 0 Å². The van der Waals surface area contributed by atoms with Crippen LogP contribution in [-0.2, 0) is 0 Å². The van der Waals surface area contributed by atoms with Crippen LogP contribution in [-0.4, -0.2) is 16.9 Å². The fourth-order valence-corrected chi connectivity index (χ4v) is 3.12. The third-order valence-electron chi connectivity index (χ3n) is 4.43. The SMILES string of the molecule is COc1ccccc1-c1c(C)nn(C(C)C)c(=O)c1C=Cc1ccccc1. The van der Waals surface area contributed by atoms with Crippen molar-refractivity contribution in [3.05, 3.63) is 81.8 Å². The molecule has 0 saturated carbocycles. The number of aromatic nitrogens is 2. The fourth-order valence-electron chi connectivity index (χ4n) is 3.12. The number of methoxy groups -OCH3 is 1. The van der Waals surface area contributed by atoms with Crippen LogP contribution < -0.4 is 10.3 Å². The predicted octanol–water partition coefficient (Wildman–Crippen LogP) is 4.98. The lowest BCUT2D eigenvalue weighted by atomic mass is 9.97. The summed E-state index contributed by atoms with van der Waals surface area (Å²) >= 11 is 0. The van der Waals surface area contributed by atoms with Gasteiger partial charge in [0.2, 0.25) is 0 Å². The highest BCUT2D eigenvalue weighted by Gasteiger charge is 2.18. The molecule has 0 radical (unpaired) electrons. The number of hydrogen-bond acceptors (Lipinski definition) is 3. The molecule has 0 spiro atoms. The van der Waals surface area contributed by atoms with E-state index in [2.05, 4.69) is 5.10 Å². The molecule has 0 N–H and O–H groups in total. The van der Waals surface area contributed by atoms with Crippen LogP contribution in [0.25, 0.3) is 23.3 Å². The summed E-state index contributed by atoms with van der Waals surface area (Å²) in [4.78, 5) is 13.2. The first-order valence-electron chi connectivity index (χ1n) is 9.03. The zero-order valence-corrected chi connectivity index (χ0v) is 16.1. The number of benzene rings is 2. The van der Waals surface area contributed by atoms with E-state index in [1.807, 2.05) is 87.5 Å². The number of aryl methyl sites for hydroxylation is 1. The Hall–Kier alpha value is -3.14. The van der Waals surface area contributed by atoms with E-state index in [1.165, 1.54) is 0 Å². The summed E-state index contributed by atoms with van der Waals surface area (Å²) in [6, 6.07) is 17.6. The molecule has 2 aromatic carbocycles. The third kappa shape index (κ3) is 3.85. The first-order chi connectivity index (χ1) is 13.0. The minimum atomic E-state index is -0.108. The largest absolute Gasteiger partial charge is 0.496 e. The Morgan fingerprint density at radius 3 is 2.33 bits per heavy atom. The van der Waals surface area contributed by atoms with Gasteiger partial charge in [-0.05, 0) is 38.5 Å². The Morgan fingerprint density at radius 2 is 1.67 bits per heavy atom. The van der Waals surface area contributed by atoms with Gasteiger partial charge < -0.3 is 4.74 Å². The van der Waals surface area contributed by atoms with Crippen molar-refractivity contribution in [3.63, 3.8) is 0 Å². The lowest BCUT2D eigenvalue weighted by Gasteiger charge is -2.17. The van der Waals surface area contributed by atoms with Crippen molar-refractivity contribution >= 4 is 12.2 Å². The van der Waals surface area contributed by atoms with Crippen LogP contribution in [0.3, 0.4) is 0 Å². The van der Waals surface area contributed by atoms with Gasteiger partial charge in [-0.15, -0.1) is 0 Å². The molecule has 3 aromatic rings. The van der Waals surface area contributed by atoms with E-state index in [9.17, 15) is 4.79 Å². The monoisotopic (exact) mass is 360 g/mol. The second-order valence-electron chi connectivity index (χ2n) is 6.66. The molecule has 4 nitrogen and oxygen atoms in total. The van der Waals surface area contributed by atoms with Crippen LogP contribution in [0.5, 0.6) is 5.75 Å². The Bertz CT molecular complexity index is 1020. The quantitative estimate of drug-likeness (QED) is 0.645. The Kier molecular flexibility index (Phi) is 5.55. The molecule has 3 rings (SSSR count). The maximum Gasteiger partial charge on any atom is 0.274 e. The van der Waals surface area contributed by atoms with Crippen LogP contribution in [0.15, 0.2) is 59.4 Å². The van der Waals surface area contributed by atoms with Crippen molar-refractivity contribution in [2.45, 2.75) is 26.8 Å². The smallest absolute Gasteiger partial charge is 0.274 e. The Balaban J connectivity index is 2.28. The highest BCUT2D eigenvalue weighted by molar-refractivity contribution is 5.84. The molecule has 0 unspecified atom stereocenters. The van der Waals surface area contributed by atoms with Crippen molar-refractivity contribution in [2.75, 3.05) is 7.11 Å². The predicted molar refractivity (Wildman–Crippen MR) is 111 cm³/mol. The van der Waals surface area contributed by atoms with Gasteiger partial charge in [0.1, 0.15) is 5.75 Å². The second kappa shape index (κ2) is 8.04. The summed E-state index contributed by atoms with van der Waals surface area (Å²) in [5.74, 6) is 0.721. The number of ether oxygens (including phenoxy) is 1. The number of nitrogens with zero attached hydrogens (tertiary/aromatic N) is 2. The van der Waals surface area contributed by atoms with E-state index < -0.39 is 0 Å². The van der Waals surface area contributed by atoms with E-state index in [0.29, 0.717) is 5.56 Å². The molecule has 138 valence electrons. The van der Waals surface area contributed by atoms with E-state index in [4.69, 9.17) is 4.74 Å². The van der Waals surface area contributed by atoms with Gasteiger partial charge >= 0.3 is 0 Å². The minimum absolute atomic E-state index is 0.0215. The molecule has 1 heterocycles. The zero-order valence-electron chi connectivity index (χ0n) is 16.1. The average molecular weight is 360 g/mol. The standard InChI is InChI=1S/C23H24N2O2/c1-16(2)25-23(26)20(15-14-18-10-6-5-7-11-18)22(17(3)24-25)19-12-8-9-13-21(19)27-4/h5-16H,1-4H3. The van der Waals surface area contributed by atoms with Crippen molar-refractivity contribution in [3.8, 4) is 16.9 Å². The molecule has 0 aliphatic heterocycles. The van der Waals surface area contributed by atoms with Crippen molar-refractivity contribution in [1.29, 1.82) is 0 Å². The van der Waals surface area contributed by atoms with Gasteiger partial charge in [-0.25, -0.2) is 4.68 Å². The van der Waals surface area contributed by atoms with Gasteiger partial charge in [0.05, 0.1) is 24.4 Å². The topological polar surface area (TPSA) is 44.1 Å². The normalized spacial score (nSPS) is 11.3. The molecule has 0 saturated heterocycles. The first-order valence-corrected chi connectivity index (χ1v) is 9.03. The van der Waals surface area contributed by atoms with Gasteiger partial charge in [-0.2, -0.15) is 5.10 Å². The summed E-state index contributed by atoms with van der Waals surface area (Å²) in [7, 11) is 1.64. The molecule has 0 aliphatic rings. The van der Waals surface area contributed by atoms with Gasteiger partial charge in [-0.3, -0.25) is 4.79 Å². The molecule has 1 aromatic heterocycles. The van der Waals surface area contributed by atoms with E-state index in [-0.39, 0.29) is 11.6 Å². The minimum Gasteiger partial charge on any atom is -0.496 e. The maximum atomic E-state index is 13.2. The number of rotatable bonds is 5. The molecule has 0 bridgehead atoms. The summed E-state index contributed by atoms with van der Waals surface area (Å²) in [6.07, 6.45) is 3.84. The highest BCUT2D eigenvalue weighted by atomic mass is 16.5. The van der Waals surface area contributed by atoms with Crippen LogP contribution in [0.1, 0.15) is 36.7 Å². The lowest BCUT2D eigenvalue weighted by molar-refractivity contribution is 0.416. The van der Waals surface area contributed by atoms with Gasteiger partial charge in [-0.1, -0.05) is 54.6 Å². The van der Waals surface area contributed by atoms with Crippen molar-refractivity contribution in [1.82, 2.24) is 9.78 Å². The van der Waals surface area contributed by atoms with Gasteiger partial charge in [0.25, 0.3) is 5.56 Å². The Labute approximate surface area is 159 Å². The molecular weight excluding hydrogens is 336 g/mol. The first kappa shape index (κ1) is 18.6. The molecular formula is C23H24N2O2. The maximum absolute atomic E-state index is 13.2. The molecule has 0 amide bonds. The van der Waals surface area contributed by atoms with Crippen LogP contribution in [0, 0.1) is 6.92 Å². The average Bonchev–Trinajstić information content (AvgIpc) is 2.68. The summed E-state index contributed by atoms with van der Waals surface area (Å²) in [5.41, 5.74) is 4.01. The molecule has 0 atom stereocenters. The van der Waals surface area contributed by atoms with Gasteiger partial charge in [0, 0.05) is 11.1 Å². The summed E-state index contributed by atoms with van der Waals surface area (Å²) in [5, 5.41) is 4.55. The molecule has 4 heteroatoms. The van der Waals surface area contributed by atoms with E-state index in [0.717, 1.165) is 28.1 Å². The zero-order chi connectivity index (χ0) is 19.4. The lowest BCUT2D eigenvalue weighted by Crippen LogP contribution is -2.28. The summed E-state index contributed by atoms with van der Waals surface area (Å²) in [6.45, 7) is 5.85. The molecule has 0 fully saturated rings. The fraction of sp³-hybridized carbons (Fsp3) is 0.217. The molecule has 27 heavy (non-hydrogen) atoms. The molecule has 0 aliphatic carbocycles. The second-order valence-corrected chi connectivity index (χ2v) is 6.66. The van der Waals surface area contributed by atoms with E-state index >= 15 is 0 Å². The Morgan fingerprint density at radius 1 is 1.00 bits per heavy atom. The van der Waals surface area contributed by atoms with Crippen LogP contribution >= 0.6 is 0 Å². The van der Waals surface area contributed by atoms with Crippen LogP contribution in [0.2, 0.25) is 0 Å². The third-order valence-corrected chi connectivity index (χ3v) is 4.43.